The highest BCUT2D eigenvalue weighted by Crippen LogP contribution is 2.29. The van der Waals surface area contributed by atoms with E-state index in [1.165, 1.54) is 24.8 Å². The molecule has 4 nitrogen and oxygen atoms in total. The summed E-state index contributed by atoms with van der Waals surface area (Å²) in [6.07, 6.45) is 7.53. The Hall–Kier alpha value is -1.65. The molecular weight excluding hydrogens is 332 g/mol. The second-order valence-electron chi connectivity index (χ2n) is 7.05. The predicted octanol–water partition coefficient (Wildman–Crippen LogP) is 5.19. The van der Waals surface area contributed by atoms with Gasteiger partial charge in [-0.05, 0) is 62.4 Å². The standard InChI is InChI=1S/C20H27ClN4/c1-4-19-14(2)6-5-9-25(19)13-16-10-18(21)20(23-11-16)24-17-8-7-15(3)22-12-17/h7-8,10-12,14,19H,4-6,9,13H2,1-3H3,(H,23,24). The van der Waals surface area contributed by atoms with Gasteiger partial charge in [0.2, 0.25) is 0 Å². The number of halogens is 1. The summed E-state index contributed by atoms with van der Waals surface area (Å²) in [6.45, 7) is 8.70. The van der Waals surface area contributed by atoms with E-state index in [0.717, 1.165) is 30.4 Å². The zero-order valence-electron chi connectivity index (χ0n) is 15.3. The lowest BCUT2D eigenvalue weighted by Gasteiger charge is -2.39. The Morgan fingerprint density at radius 1 is 1.28 bits per heavy atom. The molecule has 0 spiro atoms. The van der Waals surface area contributed by atoms with Crippen LogP contribution in [0.3, 0.4) is 0 Å². The molecule has 2 aromatic rings. The minimum atomic E-state index is 0.649. The van der Waals surface area contributed by atoms with E-state index in [1.54, 1.807) is 6.20 Å². The van der Waals surface area contributed by atoms with Crippen LogP contribution in [0.5, 0.6) is 0 Å². The summed E-state index contributed by atoms with van der Waals surface area (Å²) in [5.41, 5.74) is 3.05. The first kappa shape index (κ1) is 18.2. The fourth-order valence-corrected chi connectivity index (χ4v) is 4.00. The molecule has 0 aromatic carbocycles. The second-order valence-corrected chi connectivity index (χ2v) is 7.46. The summed E-state index contributed by atoms with van der Waals surface area (Å²) < 4.78 is 0. The number of likely N-dealkylation sites (tertiary alicyclic amines) is 1. The summed E-state index contributed by atoms with van der Waals surface area (Å²) in [6, 6.07) is 6.64. The first-order valence-electron chi connectivity index (χ1n) is 9.15. The summed E-state index contributed by atoms with van der Waals surface area (Å²) in [7, 11) is 0. The van der Waals surface area contributed by atoms with Crippen LogP contribution in [0.4, 0.5) is 11.5 Å². The Morgan fingerprint density at radius 3 is 2.80 bits per heavy atom. The number of pyridine rings is 2. The van der Waals surface area contributed by atoms with E-state index >= 15 is 0 Å². The fourth-order valence-electron chi connectivity index (χ4n) is 3.76. The molecule has 0 bridgehead atoms. The zero-order chi connectivity index (χ0) is 17.8. The van der Waals surface area contributed by atoms with Gasteiger partial charge in [-0.1, -0.05) is 25.4 Å². The molecule has 0 amide bonds. The first-order valence-corrected chi connectivity index (χ1v) is 9.52. The van der Waals surface area contributed by atoms with Crippen LogP contribution >= 0.6 is 11.6 Å². The molecule has 3 heterocycles. The molecule has 2 aromatic heterocycles. The van der Waals surface area contributed by atoms with Crippen LogP contribution in [0.15, 0.2) is 30.6 Å². The summed E-state index contributed by atoms with van der Waals surface area (Å²) in [5.74, 6) is 1.44. The summed E-state index contributed by atoms with van der Waals surface area (Å²) in [4.78, 5) is 11.4. The number of nitrogens with one attached hydrogen (secondary N) is 1. The lowest BCUT2D eigenvalue weighted by atomic mass is 9.89. The number of hydrogen-bond donors (Lipinski definition) is 1. The molecule has 1 saturated heterocycles. The van der Waals surface area contributed by atoms with Gasteiger partial charge in [-0.2, -0.15) is 0 Å². The zero-order valence-corrected chi connectivity index (χ0v) is 16.1. The van der Waals surface area contributed by atoms with Crippen molar-refractivity contribution in [3.63, 3.8) is 0 Å². The van der Waals surface area contributed by atoms with Crippen molar-refractivity contribution >= 4 is 23.1 Å². The average molecular weight is 359 g/mol. The number of hydrogen-bond acceptors (Lipinski definition) is 4. The first-order chi connectivity index (χ1) is 12.1. The van der Waals surface area contributed by atoms with Gasteiger partial charge in [0.05, 0.1) is 16.9 Å². The molecule has 1 aliphatic heterocycles. The van der Waals surface area contributed by atoms with Crippen molar-refractivity contribution in [3.8, 4) is 0 Å². The smallest absolute Gasteiger partial charge is 0.149 e. The molecule has 0 saturated carbocycles. The Morgan fingerprint density at radius 2 is 2.12 bits per heavy atom. The van der Waals surface area contributed by atoms with E-state index in [9.17, 15) is 0 Å². The normalized spacial score (nSPS) is 21.3. The van der Waals surface area contributed by atoms with Crippen LogP contribution in [-0.4, -0.2) is 27.5 Å². The Labute approximate surface area is 155 Å². The minimum Gasteiger partial charge on any atom is -0.338 e. The van der Waals surface area contributed by atoms with E-state index in [-0.39, 0.29) is 0 Å². The van der Waals surface area contributed by atoms with Crippen molar-refractivity contribution in [1.82, 2.24) is 14.9 Å². The highest BCUT2D eigenvalue weighted by molar-refractivity contribution is 6.33. The Bertz CT molecular complexity index is 701. The van der Waals surface area contributed by atoms with Gasteiger partial charge in [-0.3, -0.25) is 9.88 Å². The third-order valence-electron chi connectivity index (χ3n) is 5.11. The Balaban J connectivity index is 1.70. The van der Waals surface area contributed by atoms with Gasteiger partial charge in [0.1, 0.15) is 5.82 Å². The molecule has 25 heavy (non-hydrogen) atoms. The number of nitrogens with zero attached hydrogens (tertiary/aromatic N) is 3. The number of anilines is 2. The summed E-state index contributed by atoms with van der Waals surface area (Å²) >= 11 is 6.46. The van der Waals surface area contributed by atoms with E-state index in [0.29, 0.717) is 16.9 Å². The van der Waals surface area contributed by atoms with E-state index in [1.807, 2.05) is 31.3 Å². The molecule has 2 unspecified atom stereocenters. The van der Waals surface area contributed by atoms with Crippen LogP contribution < -0.4 is 5.32 Å². The van der Waals surface area contributed by atoms with Crippen LogP contribution in [0.25, 0.3) is 0 Å². The highest BCUT2D eigenvalue weighted by Gasteiger charge is 2.27. The van der Waals surface area contributed by atoms with Crippen molar-refractivity contribution in [2.45, 2.75) is 52.6 Å². The molecule has 1 N–H and O–H groups in total. The molecule has 3 rings (SSSR count). The molecule has 2 atom stereocenters. The van der Waals surface area contributed by atoms with Gasteiger partial charge >= 0.3 is 0 Å². The summed E-state index contributed by atoms with van der Waals surface area (Å²) in [5, 5.41) is 3.89. The maximum absolute atomic E-state index is 6.46. The lowest BCUT2D eigenvalue weighted by Crippen LogP contribution is -2.43. The van der Waals surface area contributed by atoms with Crippen molar-refractivity contribution in [1.29, 1.82) is 0 Å². The van der Waals surface area contributed by atoms with E-state index in [4.69, 9.17) is 11.6 Å². The van der Waals surface area contributed by atoms with Gasteiger partial charge in [0.25, 0.3) is 0 Å². The molecular formula is C20H27ClN4. The monoisotopic (exact) mass is 358 g/mol. The molecule has 0 radical (unpaired) electrons. The Kier molecular flexibility index (Phi) is 5.92. The van der Waals surface area contributed by atoms with Crippen molar-refractivity contribution in [2.24, 2.45) is 5.92 Å². The van der Waals surface area contributed by atoms with Gasteiger partial charge in [-0.25, -0.2) is 4.98 Å². The fraction of sp³-hybridized carbons (Fsp3) is 0.500. The molecule has 5 heteroatoms. The van der Waals surface area contributed by atoms with Crippen molar-refractivity contribution in [3.05, 3.63) is 46.9 Å². The van der Waals surface area contributed by atoms with Crippen molar-refractivity contribution < 1.29 is 0 Å². The number of rotatable bonds is 5. The third-order valence-corrected chi connectivity index (χ3v) is 5.39. The number of aryl methyl sites for hydroxylation is 1. The van der Waals surface area contributed by atoms with Crippen LogP contribution in [0.1, 0.15) is 44.4 Å². The SMILES string of the molecule is CCC1C(C)CCCN1Cc1cnc(Nc2ccc(C)nc2)c(Cl)c1. The van der Waals surface area contributed by atoms with Gasteiger partial charge in [0.15, 0.2) is 0 Å². The van der Waals surface area contributed by atoms with E-state index < -0.39 is 0 Å². The highest BCUT2D eigenvalue weighted by atomic mass is 35.5. The van der Waals surface area contributed by atoms with Crippen LogP contribution in [0, 0.1) is 12.8 Å². The molecule has 1 fully saturated rings. The second kappa shape index (κ2) is 8.15. The quantitative estimate of drug-likeness (QED) is 0.798. The van der Waals surface area contributed by atoms with Crippen molar-refractivity contribution in [2.75, 3.05) is 11.9 Å². The predicted molar refractivity (Wildman–Crippen MR) is 104 cm³/mol. The number of aromatic nitrogens is 2. The average Bonchev–Trinajstić information content (AvgIpc) is 2.59. The maximum atomic E-state index is 6.46. The number of piperidine rings is 1. The molecule has 0 aliphatic carbocycles. The minimum absolute atomic E-state index is 0.649. The lowest BCUT2D eigenvalue weighted by molar-refractivity contribution is 0.0904. The van der Waals surface area contributed by atoms with E-state index in [2.05, 4.69) is 34.0 Å². The van der Waals surface area contributed by atoms with Crippen LogP contribution in [-0.2, 0) is 6.54 Å². The molecule has 1 aliphatic rings. The van der Waals surface area contributed by atoms with Crippen LogP contribution in [0.2, 0.25) is 5.02 Å². The maximum Gasteiger partial charge on any atom is 0.149 e. The third kappa shape index (κ3) is 4.50. The largest absolute Gasteiger partial charge is 0.338 e. The van der Waals surface area contributed by atoms with Gasteiger partial charge in [-0.15, -0.1) is 0 Å². The van der Waals surface area contributed by atoms with Gasteiger partial charge in [0, 0.05) is 24.5 Å². The molecule has 134 valence electrons. The topological polar surface area (TPSA) is 41.1 Å². The van der Waals surface area contributed by atoms with Gasteiger partial charge < -0.3 is 5.32 Å².